The molecule has 4 heteroatoms. The molecule has 2 aromatic rings. The van der Waals surface area contributed by atoms with Crippen LogP contribution in [0.3, 0.4) is 0 Å². The van der Waals surface area contributed by atoms with E-state index in [4.69, 9.17) is 11.6 Å². The Morgan fingerprint density at radius 2 is 1.76 bits per heavy atom. The highest BCUT2D eigenvalue weighted by molar-refractivity contribution is 6.28. The maximum Gasteiger partial charge on any atom is 0.226 e. The molecule has 0 radical (unpaired) electrons. The molecule has 0 spiro atoms. The number of fused-ring (bicyclic) bond motifs is 3. The van der Waals surface area contributed by atoms with Crippen LogP contribution in [0.15, 0.2) is 54.6 Å². The first-order valence-corrected chi connectivity index (χ1v) is 7.36. The summed E-state index contributed by atoms with van der Waals surface area (Å²) in [5.74, 6) is 0.0517. The van der Waals surface area contributed by atoms with E-state index in [1.807, 2.05) is 61.6 Å². The van der Waals surface area contributed by atoms with Crippen LogP contribution in [0.4, 0.5) is 5.69 Å². The number of likely N-dealkylation sites (tertiary alicyclic amines) is 1. The molecule has 3 nitrogen and oxygen atoms in total. The fourth-order valence-corrected chi connectivity index (χ4v) is 4.25. The Bertz CT molecular complexity index is 733. The van der Waals surface area contributed by atoms with E-state index in [9.17, 15) is 4.79 Å². The summed E-state index contributed by atoms with van der Waals surface area (Å²) in [6.07, 6.45) is 0.296. The van der Waals surface area contributed by atoms with Gasteiger partial charge >= 0.3 is 0 Å². The van der Waals surface area contributed by atoms with Crippen LogP contribution in [0.25, 0.3) is 0 Å². The van der Waals surface area contributed by atoms with Gasteiger partial charge in [-0.1, -0.05) is 48.5 Å². The van der Waals surface area contributed by atoms with Gasteiger partial charge in [-0.3, -0.25) is 4.79 Å². The predicted molar refractivity (Wildman–Crippen MR) is 83.1 cm³/mol. The van der Waals surface area contributed by atoms with Crippen LogP contribution in [-0.2, 0) is 15.3 Å². The Labute approximate surface area is 128 Å². The normalized spacial score (nSPS) is 30.0. The first-order chi connectivity index (χ1) is 10.1. The number of hydrogen-bond acceptors (Lipinski definition) is 2. The zero-order valence-electron chi connectivity index (χ0n) is 11.6. The molecule has 1 fully saturated rings. The van der Waals surface area contributed by atoms with Crippen molar-refractivity contribution in [1.82, 2.24) is 4.90 Å². The number of para-hydroxylation sites is 1. The second kappa shape index (κ2) is 4.01. The van der Waals surface area contributed by atoms with E-state index in [1.165, 1.54) is 0 Å². The maximum atomic E-state index is 12.4. The summed E-state index contributed by atoms with van der Waals surface area (Å²) >= 11 is 7.05. The summed E-state index contributed by atoms with van der Waals surface area (Å²) in [5, 5.41) is 3.52. The zero-order chi connectivity index (χ0) is 14.7. The third-order valence-electron chi connectivity index (χ3n) is 4.71. The van der Waals surface area contributed by atoms with Crippen LogP contribution in [0.5, 0.6) is 0 Å². The molecule has 0 aromatic heterocycles. The van der Waals surface area contributed by atoms with E-state index in [-0.39, 0.29) is 5.91 Å². The average Bonchev–Trinajstić information content (AvgIpc) is 2.88. The lowest BCUT2D eigenvalue weighted by Gasteiger charge is -2.41. The molecule has 21 heavy (non-hydrogen) atoms. The van der Waals surface area contributed by atoms with Crippen LogP contribution >= 0.6 is 11.6 Å². The minimum absolute atomic E-state index is 0.0517. The molecule has 2 heterocycles. The van der Waals surface area contributed by atoms with Gasteiger partial charge in [0.05, 0.1) is 6.42 Å². The van der Waals surface area contributed by atoms with Gasteiger partial charge in [0, 0.05) is 18.3 Å². The van der Waals surface area contributed by atoms with Crippen LogP contribution < -0.4 is 5.32 Å². The third-order valence-corrected chi connectivity index (χ3v) is 5.32. The molecule has 0 aliphatic carbocycles. The maximum absolute atomic E-state index is 12.4. The second-order valence-electron chi connectivity index (χ2n) is 5.68. The molecule has 1 N–H and O–H groups in total. The van der Waals surface area contributed by atoms with Crippen LogP contribution in [0.2, 0.25) is 0 Å². The van der Waals surface area contributed by atoms with E-state index >= 15 is 0 Å². The quantitative estimate of drug-likeness (QED) is 0.820. The largest absolute Gasteiger partial charge is 0.357 e. The molecule has 2 aliphatic heterocycles. The van der Waals surface area contributed by atoms with Gasteiger partial charge in [0.1, 0.15) is 4.87 Å². The lowest BCUT2D eigenvalue weighted by Crippen LogP contribution is -2.52. The second-order valence-corrected chi connectivity index (χ2v) is 6.32. The first kappa shape index (κ1) is 12.7. The molecular weight excluding hydrogens is 284 g/mol. The fraction of sp³-hybridized carbons (Fsp3) is 0.235. The van der Waals surface area contributed by atoms with E-state index in [1.54, 1.807) is 4.90 Å². The number of halogens is 1. The molecule has 2 atom stereocenters. The van der Waals surface area contributed by atoms with Gasteiger partial charge in [0.15, 0.2) is 5.66 Å². The number of amides is 1. The molecule has 2 aliphatic rings. The topological polar surface area (TPSA) is 32.3 Å². The standard InChI is InChI=1S/C17H15ClN2O/c1-20-15(21)11-16(18)13-9-5-6-10-14(13)19-17(16,20)12-7-3-2-4-8-12/h2-10,19H,11H2,1H3/t16-,17+/m0/s1. The number of rotatable bonds is 1. The van der Waals surface area contributed by atoms with E-state index in [2.05, 4.69) is 5.32 Å². The number of nitrogens with one attached hydrogen (secondary N) is 1. The van der Waals surface area contributed by atoms with Crippen molar-refractivity contribution in [3.05, 3.63) is 65.7 Å². The Kier molecular flexibility index (Phi) is 2.43. The van der Waals surface area contributed by atoms with Crippen molar-refractivity contribution in [3.63, 3.8) is 0 Å². The van der Waals surface area contributed by atoms with Crippen molar-refractivity contribution in [2.45, 2.75) is 17.0 Å². The molecule has 106 valence electrons. The van der Waals surface area contributed by atoms with Crippen LogP contribution in [0, 0.1) is 0 Å². The monoisotopic (exact) mass is 298 g/mol. The molecule has 0 bridgehead atoms. The minimum Gasteiger partial charge on any atom is -0.357 e. The van der Waals surface area contributed by atoms with Gasteiger partial charge in [-0.25, -0.2) is 0 Å². The van der Waals surface area contributed by atoms with Crippen molar-refractivity contribution in [2.75, 3.05) is 12.4 Å². The van der Waals surface area contributed by atoms with Crippen molar-refractivity contribution < 1.29 is 4.79 Å². The highest BCUT2D eigenvalue weighted by Crippen LogP contribution is 2.62. The van der Waals surface area contributed by atoms with Crippen molar-refractivity contribution >= 4 is 23.2 Å². The minimum atomic E-state index is -0.781. The average molecular weight is 299 g/mol. The number of nitrogens with zero attached hydrogens (tertiary/aromatic N) is 1. The highest BCUT2D eigenvalue weighted by Gasteiger charge is 2.67. The van der Waals surface area contributed by atoms with Crippen molar-refractivity contribution in [1.29, 1.82) is 0 Å². The van der Waals surface area contributed by atoms with Gasteiger partial charge in [-0.15, -0.1) is 11.6 Å². The van der Waals surface area contributed by atoms with E-state index in [0.717, 1.165) is 16.8 Å². The summed E-state index contributed by atoms with van der Waals surface area (Å²) in [4.78, 5) is 13.3. The number of hydrogen-bond donors (Lipinski definition) is 1. The van der Waals surface area contributed by atoms with Gasteiger partial charge in [-0.2, -0.15) is 0 Å². The summed E-state index contributed by atoms with van der Waals surface area (Å²) < 4.78 is 0. The lowest BCUT2D eigenvalue weighted by atomic mass is 9.84. The molecular formula is C17H15ClN2O. The summed E-state index contributed by atoms with van der Waals surface area (Å²) in [6, 6.07) is 17.9. The number of carbonyl (C=O) groups excluding carboxylic acids is 1. The molecule has 0 saturated carbocycles. The van der Waals surface area contributed by atoms with Gasteiger partial charge in [-0.05, 0) is 11.6 Å². The number of anilines is 1. The van der Waals surface area contributed by atoms with Crippen LogP contribution in [-0.4, -0.2) is 17.9 Å². The number of carbonyl (C=O) groups is 1. The fourth-order valence-electron chi connectivity index (χ4n) is 3.69. The summed E-state index contributed by atoms with van der Waals surface area (Å²) in [6.45, 7) is 0. The number of likely N-dealkylation sites (N-methyl/N-ethyl adjacent to an activating group) is 1. The number of alkyl halides is 1. The van der Waals surface area contributed by atoms with Crippen LogP contribution in [0.1, 0.15) is 17.5 Å². The first-order valence-electron chi connectivity index (χ1n) is 6.98. The van der Waals surface area contributed by atoms with Crippen molar-refractivity contribution in [3.8, 4) is 0 Å². The highest BCUT2D eigenvalue weighted by atomic mass is 35.5. The van der Waals surface area contributed by atoms with Gasteiger partial charge < -0.3 is 10.2 Å². The van der Waals surface area contributed by atoms with Crippen molar-refractivity contribution in [2.24, 2.45) is 0 Å². The summed E-state index contributed by atoms with van der Waals surface area (Å²) in [7, 11) is 1.82. The van der Waals surface area contributed by atoms with E-state index < -0.39 is 10.5 Å². The smallest absolute Gasteiger partial charge is 0.226 e. The zero-order valence-corrected chi connectivity index (χ0v) is 12.4. The SMILES string of the molecule is CN1C(=O)C[C@]2(Cl)c3ccccc3N[C@]12c1ccccc1. The molecule has 4 rings (SSSR count). The Morgan fingerprint density at radius 1 is 1.10 bits per heavy atom. The summed E-state index contributed by atoms with van der Waals surface area (Å²) in [5.41, 5.74) is 2.27. The molecule has 2 aromatic carbocycles. The molecule has 0 unspecified atom stereocenters. The predicted octanol–water partition coefficient (Wildman–Crippen LogP) is 3.26. The number of benzene rings is 2. The van der Waals surface area contributed by atoms with E-state index in [0.29, 0.717) is 6.42 Å². The lowest BCUT2D eigenvalue weighted by molar-refractivity contribution is -0.129. The Balaban J connectivity index is 2.02. The van der Waals surface area contributed by atoms with Gasteiger partial charge in [0.25, 0.3) is 0 Å². The molecule has 1 saturated heterocycles. The van der Waals surface area contributed by atoms with Gasteiger partial charge in [0.2, 0.25) is 5.91 Å². The molecule has 1 amide bonds. The Morgan fingerprint density at radius 3 is 2.52 bits per heavy atom. The third kappa shape index (κ3) is 1.37. The Hall–Kier alpha value is -2.00.